The molecule has 0 unspecified atom stereocenters. The van der Waals surface area contributed by atoms with Crippen LogP contribution in [0.5, 0.6) is 5.75 Å². The zero-order chi connectivity index (χ0) is 14.5. The van der Waals surface area contributed by atoms with Gasteiger partial charge in [0, 0.05) is 18.2 Å². The lowest BCUT2D eigenvalue weighted by Crippen LogP contribution is -2.28. The number of likely N-dealkylation sites (N-methyl/N-ethyl adjacent to an activating group) is 1. The van der Waals surface area contributed by atoms with E-state index in [1.807, 2.05) is 6.92 Å². The summed E-state index contributed by atoms with van der Waals surface area (Å²) < 4.78 is 5.33. The van der Waals surface area contributed by atoms with E-state index in [0.29, 0.717) is 18.2 Å². The maximum Gasteiger partial charge on any atom is 0.257 e. The molecule has 5 nitrogen and oxygen atoms in total. The van der Waals surface area contributed by atoms with Crippen molar-refractivity contribution in [1.82, 2.24) is 5.32 Å². The van der Waals surface area contributed by atoms with Crippen LogP contribution < -0.4 is 15.4 Å². The maximum absolute atomic E-state index is 11.8. The van der Waals surface area contributed by atoms with E-state index >= 15 is 0 Å². The van der Waals surface area contributed by atoms with Crippen LogP contribution >= 0.6 is 0 Å². The average molecular weight is 276 g/mol. The number of ether oxygens (including phenoxy) is 1. The quantitative estimate of drug-likeness (QED) is 0.832. The van der Waals surface area contributed by atoms with Gasteiger partial charge in [0.1, 0.15) is 5.75 Å². The molecule has 2 amide bonds. The molecule has 20 heavy (non-hydrogen) atoms. The summed E-state index contributed by atoms with van der Waals surface area (Å²) in [6.07, 6.45) is 0.972. The minimum absolute atomic E-state index is 0.000859. The van der Waals surface area contributed by atoms with Gasteiger partial charge in [0.15, 0.2) is 6.61 Å². The second-order valence-electron chi connectivity index (χ2n) is 5.08. The molecule has 0 aromatic heterocycles. The number of rotatable bonds is 6. The van der Waals surface area contributed by atoms with Crippen molar-refractivity contribution in [2.75, 3.05) is 18.5 Å². The van der Waals surface area contributed by atoms with Crippen molar-refractivity contribution in [1.29, 1.82) is 0 Å². The lowest BCUT2D eigenvalue weighted by Gasteiger charge is -2.08. The minimum Gasteiger partial charge on any atom is -0.484 e. The highest BCUT2D eigenvalue weighted by Crippen LogP contribution is 2.38. The number of carbonyl (C=O) groups excluding carboxylic acids is 2. The first-order valence-corrected chi connectivity index (χ1v) is 6.90. The molecule has 1 aromatic carbocycles. The smallest absolute Gasteiger partial charge is 0.257 e. The fourth-order valence-electron chi connectivity index (χ4n) is 1.95. The highest BCUT2D eigenvalue weighted by molar-refractivity contribution is 5.94. The van der Waals surface area contributed by atoms with E-state index in [1.165, 1.54) is 0 Å². The van der Waals surface area contributed by atoms with E-state index in [4.69, 9.17) is 4.74 Å². The molecule has 0 bridgehead atoms. The highest BCUT2D eigenvalue weighted by atomic mass is 16.5. The molecule has 0 aliphatic heterocycles. The summed E-state index contributed by atoms with van der Waals surface area (Å²) in [5.74, 6) is 1.19. The van der Waals surface area contributed by atoms with Gasteiger partial charge in [-0.2, -0.15) is 0 Å². The van der Waals surface area contributed by atoms with Gasteiger partial charge < -0.3 is 15.4 Å². The van der Waals surface area contributed by atoms with E-state index < -0.39 is 0 Å². The fraction of sp³-hybridized carbons (Fsp3) is 0.467. The standard InChI is InChI=1S/C15H20N2O3/c1-3-16-14(18)9-20-12-6-4-11(5-7-12)17-15(19)13-8-10(13)2/h4-7,10,13H,3,8-9H2,1-2H3,(H,16,18)(H,17,19)/t10-,13-/m1/s1. The van der Waals surface area contributed by atoms with E-state index in [1.54, 1.807) is 24.3 Å². The van der Waals surface area contributed by atoms with Gasteiger partial charge in [-0.3, -0.25) is 9.59 Å². The van der Waals surface area contributed by atoms with Crippen LogP contribution in [-0.2, 0) is 9.59 Å². The molecule has 1 aliphatic carbocycles. The molecule has 0 saturated heterocycles. The Morgan fingerprint density at radius 2 is 1.95 bits per heavy atom. The molecule has 2 N–H and O–H groups in total. The Morgan fingerprint density at radius 3 is 2.50 bits per heavy atom. The van der Waals surface area contributed by atoms with Gasteiger partial charge in [0.05, 0.1) is 0 Å². The second-order valence-corrected chi connectivity index (χ2v) is 5.08. The Bertz CT molecular complexity index is 484. The van der Waals surface area contributed by atoms with Crippen molar-refractivity contribution in [3.8, 4) is 5.75 Å². The van der Waals surface area contributed by atoms with Crippen molar-refractivity contribution in [3.63, 3.8) is 0 Å². The third-order valence-corrected chi connectivity index (χ3v) is 3.31. The molecule has 1 saturated carbocycles. The van der Waals surface area contributed by atoms with Crippen LogP contribution in [0.2, 0.25) is 0 Å². The van der Waals surface area contributed by atoms with Gasteiger partial charge in [-0.1, -0.05) is 6.92 Å². The molecule has 1 fully saturated rings. The Balaban J connectivity index is 1.80. The van der Waals surface area contributed by atoms with Gasteiger partial charge in [0.25, 0.3) is 5.91 Å². The predicted molar refractivity (Wildman–Crippen MR) is 76.5 cm³/mol. The van der Waals surface area contributed by atoms with Crippen molar-refractivity contribution >= 4 is 17.5 Å². The first-order chi connectivity index (χ1) is 9.60. The van der Waals surface area contributed by atoms with Crippen molar-refractivity contribution in [3.05, 3.63) is 24.3 Å². The predicted octanol–water partition coefficient (Wildman–Crippen LogP) is 1.80. The van der Waals surface area contributed by atoms with Crippen molar-refractivity contribution < 1.29 is 14.3 Å². The summed E-state index contributed by atoms with van der Waals surface area (Å²) in [4.78, 5) is 23.0. The molecule has 2 rings (SSSR count). The Labute approximate surface area is 118 Å². The van der Waals surface area contributed by atoms with Gasteiger partial charge >= 0.3 is 0 Å². The minimum atomic E-state index is -0.146. The third-order valence-electron chi connectivity index (χ3n) is 3.31. The number of anilines is 1. The molecule has 2 atom stereocenters. The summed E-state index contributed by atoms with van der Waals surface area (Å²) >= 11 is 0. The average Bonchev–Trinajstić information content (AvgIpc) is 3.16. The normalized spacial score (nSPS) is 20.1. The molecule has 5 heteroatoms. The van der Waals surface area contributed by atoms with E-state index in [0.717, 1.165) is 12.1 Å². The van der Waals surface area contributed by atoms with Gasteiger partial charge in [0.2, 0.25) is 5.91 Å². The molecule has 1 aromatic rings. The molecule has 0 heterocycles. The van der Waals surface area contributed by atoms with Crippen LogP contribution in [0.15, 0.2) is 24.3 Å². The summed E-state index contributed by atoms with van der Waals surface area (Å²) in [7, 11) is 0. The number of benzene rings is 1. The van der Waals surface area contributed by atoms with Crippen molar-refractivity contribution in [2.45, 2.75) is 20.3 Å². The van der Waals surface area contributed by atoms with Crippen LogP contribution in [0, 0.1) is 11.8 Å². The Kier molecular flexibility index (Phi) is 4.61. The first kappa shape index (κ1) is 14.4. The zero-order valence-corrected chi connectivity index (χ0v) is 11.8. The number of nitrogens with one attached hydrogen (secondary N) is 2. The van der Waals surface area contributed by atoms with E-state index in [9.17, 15) is 9.59 Å². The summed E-state index contributed by atoms with van der Waals surface area (Å²) in [6, 6.07) is 7.03. The Hall–Kier alpha value is -2.04. The molecule has 108 valence electrons. The lowest BCUT2D eigenvalue weighted by molar-refractivity contribution is -0.123. The topological polar surface area (TPSA) is 67.4 Å². The number of amides is 2. The maximum atomic E-state index is 11.8. The molecule has 0 spiro atoms. The van der Waals surface area contributed by atoms with Crippen LogP contribution in [0.3, 0.4) is 0 Å². The van der Waals surface area contributed by atoms with Crippen LogP contribution in [0.1, 0.15) is 20.3 Å². The molecular formula is C15H20N2O3. The highest BCUT2D eigenvalue weighted by Gasteiger charge is 2.38. The third kappa shape index (κ3) is 3.98. The largest absolute Gasteiger partial charge is 0.484 e. The zero-order valence-electron chi connectivity index (χ0n) is 11.8. The number of hydrogen-bond donors (Lipinski definition) is 2. The fourth-order valence-corrected chi connectivity index (χ4v) is 1.95. The Morgan fingerprint density at radius 1 is 1.30 bits per heavy atom. The van der Waals surface area contributed by atoms with Gasteiger partial charge in [-0.25, -0.2) is 0 Å². The second kappa shape index (κ2) is 6.41. The van der Waals surface area contributed by atoms with Gasteiger partial charge in [-0.05, 0) is 43.5 Å². The summed E-state index contributed by atoms with van der Waals surface area (Å²) in [5, 5.41) is 5.53. The molecule has 1 aliphatic rings. The number of carbonyl (C=O) groups is 2. The van der Waals surface area contributed by atoms with Crippen LogP contribution in [-0.4, -0.2) is 25.0 Å². The number of hydrogen-bond acceptors (Lipinski definition) is 3. The monoisotopic (exact) mass is 276 g/mol. The van der Waals surface area contributed by atoms with E-state index in [2.05, 4.69) is 17.6 Å². The van der Waals surface area contributed by atoms with Crippen molar-refractivity contribution in [2.24, 2.45) is 11.8 Å². The molecule has 0 radical (unpaired) electrons. The van der Waals surface area contributed by atoms with Crippen LogP contribution in [0.4, 0.5) is 5.69 Å². The lowest BCUT2D eigenvalue weighted by atomic mass is 10.2. The first-order valence-electron chi connectivity index (χ1n) is 6.90. The van der Waals surface area contributed by atoms with Gasteiger partial charge in [-0.15, -0.1) is 0 Å². The SMILES string of the molecule is CCNC(=O)COc1ccc(NC(=O)[C@@H]2C[C@H]2C)cc1. The van der Waals surface area contributed by atoms with E-state index in [-0.39, 0.29) is 24.3 Å². The summed E-state index contributed by atoms with van der Waals surface area (Å²) in [5.41, 5.74) is 0.749. The van der Waals surface area contributed by atoms with Crippen LogP contribution in [0.25, 0.3) is 0 Å². The molecular weight excluding hydrogens is 256 g/mol. The summed E-state index contributed by atoms with van der Waals surface area (Å²) in [6.45, 7) is 4.52.